The molecule has 0 aliphatic heterocycles. The molecule has 1 unspecified atom stereocenters. The molecule has 3 aromatic rings. The Labute approximate surface area is 157 Å². The van der Waals surface area contributed by atoms with Gasteiger partial charge in [0.25, 0.3) is 12.0 Å². The summed E-state index contributed by atoms with van der Waals surface area (Å²) in [5, 5.41) is 31.1. The number of carbonyl (C=O) groups is 2. The summed E-state index contributed by atoms with van der Waals surface area (Å²) in [6, 6.07) is 14.2. The van der Waals surface area contributed by atoms with Gasteiger partial charge in [-0.2, -0.15) is 0 Å². The van der Waals surface area contributed by atoms with Crippen molar-refractivity contribution in [1.29, 1.82) is 0 Å². The summed E-state index contributed by atoms with van der Waals surface area (Å²) in [4.78, 5) is 33.6. The number of nitro groups is 1. The minimum Gasteiger partial charge on any atom is -0.478 e. The van der Waals surface area contributed by atoms with E-state index >= 15 is 0 Å². The molecule has 0 saturated heterocycles. The number of hydrogen-bond acceptors (Lipinski definition) is 7. The molecule has 3 aromatic carbocycles. The quantitative estimate of drug-likeness (QED) is 0.218. The number of carboxylic acid groups (broad SMARTS) is 1. The first-order valence-corrected chi connectivity index (χ1v) is 7.92. The van der Waals surface area contributed by atoms with E-state index in [1.807, 2.05) is 0 Å². The number of aliphatic hydroxyl groups is 1. The number of benzene rings is 3. The number of carbonyl (C=O) groups excluding carboxylic acids is 1. The number of hydrogen-bond donors (Lipinski definition) is 2. The van der Waals surface area contributed by atoms with Crippen molar-refractivity contribution in [3.63, 3.8) is 0 Å². The summed E-state index contributed by atoms with van der Waals surface area (Å²) in [5.74, 6) is -2.73. The molecule has 9 heteroatoms. The first-order valence-electron chi connectivity index (χ1n) is 7.92. The summed E-state index contributed by atoms with van der Waals surface area (Å²) in [6.07, 6.45) is -2.11. The van der Waals surface area contributed by atoms with Crippen LogP contribution in [0.15, 0.2) is 60.7 Å². The zero-order valence-electron chi connectivity index (χ0n) is 14.1. The lowest BCUT2D eigenvalue weighted by molar-refractivity contribution is -0.384. The van der Waals surface area contributed by atoms with Crippen LogP contribution in [-0.2, 0) is 4.79 Å². The largest absolute Gasteiger partial charge is 0.478 e. The van der Waals surface area contributed by atoms with Gasteiger partial charge in [-0.1, -0.05) is 30.3 Å². The van der Waals surface area contributed by atoms with Gasteiger partial charge in [0, 0.05) is 17.5 Å². The van der Waals surface area contributed by atoms with Gasteiger partial charge in [-0.05, 0) is 23.6 Å². The summed E-state index contributed by atoms with van der Waals surface area (Å²) < 4.78 is 10.1. The standard InChI is InChI=1S/C19H13NO8/c21-17(22)15-10-5-11-3-1-2-4-14(11)16(15)28-19(24)18(23)27-13-8-6-12(7-9-13)20(25)26/h1-10,19,24H,(H,21,22). The molecule has 0 amide bonds. The van der Waals surface area contributed by atoms with Crippen molar-refractivity contribution in [1.82, 2.24) is 0 Å². The molecule has 0 heterocycles. The third kappa shape index (κ3) is 3.89. The Balaban J connectivity index is 1.83. The molecular weight excluding hydrogens is 370 g/mol. The van der Waals surface area contributed by atoms with Crippen molar-refractivity contribution in [3.05, 3.63) is 76.3 Å². The summed E-state index contributed by atoms with van der Waals surface area (Å²) in [5.41, 5.74) is -0.431. The second kappa shape index (κ2) is 7.72. The van der Waals surface area contributed by atoms with E-state index in [0.717, 1.165) is 12.1 Å². The maximum Gasteiger partial charge on any atom is 0.381 e. The van der Waals surface area contributed by atoms with Crippen LogP contribution in [0.1, 0.15) is 10.4 Å². The van der Waals surface area contributed by atoms with Crippen molar-refractivity contribution < 1.29 is 34.2 Å². The lowest BCUT2D eigenvalue weighted by atomic mass is 10.1. The molecule has 0 aliphatic carbocycles. The molecular formula is C19H13NO8. The van der Waals surface area contributed by atoms with Crippen molar-refractivity contribution >= 4 is 28.4 Å². The Morgan fingerprint density at radius 1 is 1.00 bits per heavy atom. The molecule has 0 radical (unpaired) electrons. The average Bonchev–Trinajstić information content (AvgIpc) is 2.68. The van der Waals surface area contributed by atoms with E-state index in [9.17, 15) is 29.9 Å². The number of fused-ring (bicyclic) bond motifs is 1. The van der Waals surface area contributed by atoms with Crippen molar-refractivity contribution in [2.75, 3.05) is 0 Å². The van der Waals surface area contributed by atoms with Gasteiger partial charge in [-0.3, -0.25) is 10.1 Å². The van der Waals surface area contributed by atoms with E-state index in [1.54, 1.807) is 30.3 Å². The minimum absolute atomic E-state index is 0.0466. The highest BCUT2D eigenvalue weighted by Crippen LogP contribution is 2.31. The van der Waals surface area contributed by atoms with E-state index in [1.165, 1.54) is 18.2 Å². The van der Waals surface area contributed by atoms with Crippen LogP contribution in [0, 0.1) is 10.1 Å². The van der Waals surface area contributed by atoms with Crippen molar-refractivity contribution in [3.8, 4) is 11.5 Å². The molecule has 0 aliphatic rings. The molecule has 28 heavy (non-hydrogen) atoms. The Bertz CT molecular complexity index is 1060. The molecule has 3 rings (SSSR count). The predicted octanol–water partition coefficient (Wildman–Crippen LogP) is 2.75. The smallest absolute Gasteiger partial charge is 0.381 e. The lowest BCUT2D eigenvalue weighted by Gasteiger charge is -2.16. The summed E-state index contributed by atoms with van der Waals surface area (Å²) in [7, 11) is 0. The molecule has 0 fully saturated rings. The van der Waals surface area contributed by atoms with Crippen LogP contribution in [0.4, 0.5) is 5.69 Å². The van der Waals surface area contributed by atoms with Crippen molar-refractivity contribution in [2.45, 2.75) is 6.29 Å². The van der Waals surface area contributed by atoms with Crippen LogP contribution in [0.25, 0.3) is 10.8 Å². The highest BCUT2D eigenvalue weighted by Gasteiger charge is 2.24. The maximum atomic E-state index is 12.1. The zero-order valence-corrected chi connectivity index (χ0v) is 14.1. The summed E-state index contributed by atoms with van der Waals surface area (Å²) in [6.45, 7) is 0. The predicted molar refractivity (Wildman–Crippen MR) is 96.3 cm³/mol. The SMILES string of the molecule is O=C(O)c1ccc2ccccc2c1OC(O)C(=O)Oc1ccc([N+](=O)[O-])cc1. The fraction of sp³-hybridized carbons (Fsp3) is 0.0526. The second-order valence-corrected chi connectivity index (χ2v) is 5.61. The summed E-state index contributed by atoms with van der Waals surface area (Å²) >= 11 is 0. The fourth-order valence-corrected chi connectivity index (χ4v) is 2.50. The van der Waals surface area contributed by atoms with Crippen LogP contribution >= 0.6 is 0 Å². The number of non-ortho nitro benzene ring substituents is 1. The lowest BCUT2D eigenvalue weighted by Crippen LogP contribution is -2.31. The van der Waals surface area contributed by atoms with Gasteiger partial charge < -0.3 is 19.7 Å². The Hall–Kier alpha value is -3.98. The molecule has 0 bridgehead atoms. The minimum atomic E-state index is -2.11. The number of nitrogens with zero attached hydrogens (tertiary/aromatic N) is 1. The van der Waals surface area contributed by atoms with Gasteiger partial charge in [-0.25, -0.2) is 9.59 Å². The first kappa shape index (κ1) is 18.8. The highest BCUT2D eigenvalue weighted by atomic mass is 16.7. The van der Waals surface area contributed by atoms with E-state index in [0.29, 0.717) is 10.8 Å². The monoisotopic (exact) mass is 383 g/mol. The number of aromatic carboxylic acids is 1. The Kier molecular flexibility index (Phi) is 5.18. The first-order chi connectivity index (χ1) is 13.4. The third-order valence-corrected chi connectivity index (χ3v) is 3.81. The second-order valence-electron chi connectivity index (χ2n) is 5.61. The van der Waals surface area contributed by atoms with E-state index in [4.69, 9.17) is 9.47 Å². The number of esters is 1. The van der Waals surface area contributed by atoms with E-state index in [-0.39, 0.29) is 22.7 Å². The van der Waals surface area contributed by atoms with Gasteiger partial charge in [-0.15, -0.1) is 0 Å². The number of nitro benzene ring substituents is 1. The van der Waals surface area contributed by atoms with Gasteiger partial charge >= 0.3 is 11.9 Å². The van der Waals surface area contributed by atoms with Crippen LogP contribution in [0.5, 0.6) is 11.5 Å². The van der Waals surface area contributed by atoms with Crippen LogP contribution in [-0.4, -0.2) is 33.4 Å². The van der Waals surface area contributed by atoms with Crippen LogP contribution in [0.2, 0.25) is 0 Å². The molecule has 0 saturated carbocycles. The molecule has 1 atom stereocenters. The number of carboxylic acids is 1. The molecule has 2 N–H and O–H groups in total. The average molecular weight is 383 g/mol. The van der Waals surface area contributed by atoms with Crippen molar-refractivity contribution in [2.24, 2.45) is 0 Å². The van der Waals surface area contributed by atoms with Gasteiger partial charge in [0.1, 0.15) is 17.1 Å². The van der Waals surface area contributed by atoms with Gasteiger partial charge in [0.2, 0.25) is 0 Å². The number of rotatable bonds is 6. The van der Waals surface area contributed by atoms with Gasteiger partial charge in [0.15, 0.2) is 0 Å². The number of ether oxygens (including phenoxy) is 2. The molecule has 0 spiro atoms. The zero-order chi connectivity index (χ0) is 20.3. The van der Waals surface area contributed by atoms with E-state index in [2.05, 4.69) is 0 Å². The molecule has 9 nitrogen and oxygen atoms in total. The van der Waals surface area contributed by atoms with Crippen LogP contribution in [0.3, 0.4) is 0 Å². The molecule has 142 valence electrons. The topological polar surface area (TPSA) is 136 Å². The van der Waals surface area contributed by atoms with E-state index < -0.39 is 23.2 Å². The Morgan fingerprint density at radius 2 is 1.68 bits per heavy atom. The normalized spacial score (nSPS) is 11.6. The third-order valence-electron chi connectivity index (χ3n) is 3.81. The maximum absolute atomic E-state index is 12.1. The fourth-order valence-electron chi connectivity index (χ4n) is 2.50. The number of aliphatic hydroxyl groups excluding tert-OH is 1. The Morgan fingerprint density at radius 3 is 2.32 bits per heavy atom. The highest BCUT2D eigenvalue weighted by molar-refractivity contribution is 6.00. The van der Waals surface area contributed by atoms with Crippen LogP contribution < -0.4 is 9.47 Å². The van der Waals surface area contributed by atoms with Gasteiger partial charge in [0.05, 0.1) is 4.92 Å². The molecule has 0 aromatic heterocycles.